The molecule has 2 amide bonds. The molecule has 3 atom stereocenters. The zero-order chi connectivity index (χ0) is 21.0. The fourth-order valence-electron chi connectivity index (χ4n) is 4.52. The minimum Gasteiger partial charge on any atom is -0.497 e. The number of methoxy groups -OCH3 is 1. The molecule has 2 N–H and O–H groups in total. The van der Waals surface area contributed by atoms with Crippen molar-refractivity contribution in [2.45, 2.75) is 39.7 Å². The van der Waals surface area contributed by atoms with E-state index in [2.05, 4.69) is 18.3 Å². The van der Waals surface area contributed by atoms with Crippen molar-refractivity contribution in [1.82, 2.24) is 4.90 Å². The van der Waals surface area contributed by atoms with Crippen molar-refractivity contribution >= 4 is 11.7 Å². The van der Waals surface area contributed by atoms with Crippen LogP contribution in [-0.2, 0) is 0 Å². The van der Waals surface area contributed by atoms with E-state index in [1.54, 1.807) is 7.11 Å². The number of hydrogen-bond donors (Lipinski definition) is 2. The molecule has 1 saturated heterocycles. The summed E-state index contributed by atoms with van der Waals surface area (Å²) in [6.07, 6.45) is 1.44. The lowest BCUT2D eigenvalue weighted by Crippen LogP contribution is -2.35. The molecule has 156 valence electrons. The van der Waals surface area contributed by atoms with Crippen LogP contribution < -0.4 is 10.1 Å². The first kappa shape index (κ1) is 21.2. The molecule has 0 aromatic heterocycles. The van der Waals surface area contributed by atoms with E-state index in [1.807, 2.05) is 61.2 Å². The van der Waals surface area contributed by atoms with Gasteiger partial charge in [-0.1, -0.05) is 42.8 Å². The zero-order valence-electron chi connectivity index (χ0n) is 17.8. The van der Waals surface area contributed by atoms with Crippen LogP contribution in [0.25, 0.3) is 0 Å². The molecule has 4 rings (SSSR count). The summed E-state index contributed by atoms with van der Waals surface area (Å²) in [6, 6.07) is 15.7. The highest BCUT2D eigenvalue weighted by Crippen LogP contribution is 2.48. The van der Waals surface area contributed by atoms with Gasteiger partial charge in [0, 0.05) is 18.8 Å². The summed E-state index contributed by atoms with van der Waals surface area (Å²) < 4.78 is 4.91. The average molecular weight is 397 g/mol. The molecule has 5 nitrogen and oxygen atoms in total. The monoisotopic (exact) mass is 396 g/mol. The van der Waals surface area contributed by atoms with Crippen LogP contribution in [0.1, 0.15) is 30.9 Å². The van der Waals surface area contributed by atoms with Crippen LogP contribution in [0.2, 0.25) is 0 Å². The van der Waals surface area contributed by atoms with Gasteiger partial charge in [0.1, 0.15) is 5.75 Å². The summed E-state index contributed by atoms with van der Waals surface area (Å²) in [5, 5.41) is 12.8. The van der Waals surface area contributed by atoms with E-state index in [0.717, 1.165) is 42.9 Å². The highest BCUT2D eigenvalue weighted by molar-refractivity contribution is 5.90. The Morgan fingerprint density at radius 1 is 1.21 bits per heavy atom. The molecule has 2 aromatic carbocycles. The standard InChI is InChI=1S/C17H24N2O2.C7H8O/c1-11-4-5-15(12(2)6-11)18-16(21)19-9-13-7-14(20)8-17(13,3)10-19;1-8-7-5-3-2-4-6-7/h4-6,13-14,20H,7-10H2,1-3H3,(H,18,21);2-6H,1H3/t13-,14?,17+;/m0./s1. The molecular formula is C24H32N2O3. The van der Waals surface area contributed by atoms with Crippen molar-refractivity contribution < 1.29 is 14.6 Å². The van der Waals surface area contributed by atoms with E-state index in [9.17, 15) is 9.90 Å². The van der Waals surface area contributed by atoms with Gasteiger partial charge in [0.15, 0.2) is 0 Å². The predicted molar refractivity (Wildman–Crippen MR) is 116 cm³/mol. The SMILES string of the molecule is COc1ccccc1.Cc1ccc(NC(=O)N2C[C@@H]3CC(O)C[C@]3(C)C2)c(C)c1. The molecule has 2 fully saturated rings. The minimum atomic E-state index is -0.190. The maximum atomic E-state index is 12.5. The molecule has 5 heteroatoms. The quantitative estimate of drug-likeness (QED) is 0.778. The van der Waals surface area contributed by atoms with Crippen molar-refractivity contribution in [3.63, 3.8) is 0 Å². The summed E-state index contributed by atoms with van der Waals surface area (Å²) in [4.78, 5) is 14.4. The molecule has 1 heterocycles. The predicted octanol–water partition coefficient (Wildman–Crippen LogP) is 4.62. The number of carbonyl (C=O) groups is 1. The largest absolute Gasteiger partial charge is 0.497 e. The Kier molecular flexibility index (Phi) is 6.48. The number of aryl methyl sites for hydroxylation is 2. The summed E-state index contributed by atoms with van der Waals surface area (Å²) in [7, 11) is 1.66. The normalized spacial score (nSPS) is 25.1. The van der Waals surface area contributed by atoms with Gasteiger partial charge in [0.2, 0.25) is 0 Å². The number of ether oxygens (including phenoxy) is 1. The second kappa shape index (κ2) is 8.87. The maximum absolute atomic E-state index is 12.5. The fourth-order valence-corrected chi connectivity index (χ4v) is 4.52. The number of hydrogen-bond acceptors (Lipinski definition) is 3. The Hall–Kier alpha value is -2.53. The van der Waals surface area contributed by atoms with E-state index >= 15 is 0 Å². The van der Waals surface area contributed by atoms with Gasteiger partial charge in [-0.2, -0.15) is 0 Å². The highest BCUT2D eigenvalue weighted by atomic mass is 16.5. The Bertz CT molecular complexity index is 839. The molecule has 1 unspecified atom stereocenters. The first-order valence-electron chi connectivity index (χ1n) is 10.2. The van der Waals surface area contributed by atoms with Crippen LogP contribution in [0.4, 0.5) is 10.5 Å². The van der Waals surface area contributed by atoms with E-state index in [1.165, 1.54) is 5.56 Å². The number of rotatable bonds is 2. The van der Waals surface area contributed by atoms with Crippen molar-refractivity contribution in [3.8, 4) is 5.75 Å². The van der Waals surface area contributed by atoms with Crippen LogP contribution in [0.15, 0.2) is 48.5 Å². The second-order valence-electron chi connectivity index (χ2n) is 8.59. The number of amides is 2. The number of para-hydroxylation sites is 1. The molecule has 1 aliphatic heterocycles. The van der Waals surface area contributed by atoms with Crippen LogP contribution in [0, 0.1) is 25.2 Å². The van der Waals surface area contributed by atoms with Gasteiger partial charge in [0.25, 0.3) is 0 Å². The Balaban J connectivity index is 0.000000252. The number of nitrogens with zero attached hydrogens (tertiary/aromatic N) is 1. The number of aliphatic hydroxyl groups is 1. The van der Waals surface area contributed by atoms with E-state index in [0.29, 0.717) is 5.92 Å². The molecular weight excluding hydrogens is 364 g/mol. The molecule has 0 bridgehead atoms. The van der Waals surface area contributed by atoms with Gasteiger partial charge in [-0.15, -0.1) is 0 Å². The number of aliphatic hydroxyl groups excluding tert-OH is 1. The summed E-state index contributed by atoms with van der Waals surface area (Å²) in [6.45, 7) is 7.75. The number of benzene rings is 2. The van der Waals surface area contributed by atoms with Crippen LogP contribution in [0.5, 0.6) is 5.75 Å². The van der Waals surface area contributed by atoms with Crippen LogP contribution in [0.3, 0.4) is 0 Å². The third-order valence-corrected chi connectivity index (χ3v) is 6.13. The summed E-state index contributed by atoms with van der Waals surface area (Å²) in [5.74, 6) is 1.34. The highest BCUT2D eigenvalue weighted by Gasteiger charge is 2.50. The third kappa shape index (κ3) is 5.10. The van der Waals surface area contributed by atoms with Crippen molar-refractivity contribution in [2.24, 2.45) is 11.3 Å². The lowest BCUT2D eigenvalue weighted by molar-refractivity contribution is 0.152. The van der Waals surface area contributed by atoms with Gasteiger partial charge in [0.05, 0.1) is 13.2 Å². The molecule has 1 aliphatic carbocycles. The van der Waals surface area contributed by atoms with E-state index in [4.69, 9.17) is 4.74 Å². The zero-order valence-corrected chi connectivity index (χ0v) is 17.8. The molecule has 0 spiro atoms. The first-order valence-corrected chi connectivity index (χ1v) is 10.2. The minimum absolute atomic E-state index is 0.0212. The molecule has 0 radical (unpaired) electrons. The van der Waals surface area contributed by atoms with Crippen molar-refractivity contribution in [2.75, 3.05) is 25.5 Å². The fraction of sp³-hybridized carbons (Fsp3) is 0.458. The Morgan fingerprint density at radius 3 is 2.52 bits per heavy atom. The van der Waals surface area contributed by atoms with E-state index < -0.39 is 0 Å². The molecule has 2 aliphatic rings. The van der Waals surface area contributed by atoms with Gasteiger partial charge in [-0.3, -0.25) is 0 Å². The van der Waals surface area contributed by atoms with Gasteiger partial charge in [-0.05, 0) is 61.8 Å². The number of likely N-dealkylation sites (tertiary alicyclic amines) is 1. The molecule has 29 heavy (non-hydrogen) atoms. The smallest absolute Gasteiger partial charge is 0.321 e. The average Bonchev–Trinajstić information content (AvgIpc) is 3.15. The van der Waals surface area contributed by atoms with Gasteiger partial charge in [-0.25, -0.2) is 4.79 Å². The first-order chi connectivity index (χ1) is 13.8. The van der Waals surface area contributed by atoms with E-state index in [-0.39, 0.29) is 17.6 Å². The molecule has 1 saturated carbocycles. The topological polar surface area (TPSA) is 61.8 Å². The lowest BCUT2D eigenvalue weighted by atomic mass is 9.83. The lowest BCUT2D eigenvalue weighted by Gasteiger charge is -2.23. The Morgan fingerprint density at radius 2 is 1.93 bits per heavy atom. The summed E-state index contributed by atoms with van der Waals surface area (Å²) in [5.41, 5.74) is 3.25. The van der Waals surface area contributed by atoms with Gasteiger partial charge >= 0.3 is 6.03 Å². The number of urea groups is 1. The number of carbonyl (C=O) groups excluding carboxylic acids is 1. The summed E-state index contributed by atoms with van der Waals surface area (Å²) >= 11 is 0. The van der Waals surface area contributed by atoms with Crippen LogP contribution in [-0.4, -0.2) is 42.3 Å². The van der Waals surface area contributed by atoms with Crippen molar-refractivity contribution in [1.29, 1.82) is 0 Å². The number of nitrogens with one attached hydrogen (secondary N) is 1. The second-order valence-corrected chi connectivity index (χ2v) is 8.59. The van der Waals surface area contributed by atoms with Gasteiger partial charge < -0.3 is 20.1 Å². The Labute approximate surface area is 173 Å². The maximum Gasteiger partial charge on any atom is 0.321 e. The van der Waals surface area contributed by atoms with Crippen molar-refractivity contribution in [3.05, 3.63) is 59.7 Å². The van der Waals surface area contributed by atoms with Crippen LogP contribution >= 0.6 is 0 Å². The number of fused-ring (bicyclic) bond motifs is 1. The third-order valence-electron chi connectivity index (χ3n) is 6.13. The molecule has 2 aromatic rings. The number of anilines is 1.